The molecule has 104 valence electrons. The number of nitrogens with one attached hydrogen (secondary N) is 1. The lowest BCUT2D eigenvalue weighted by molar-refractivity contribution is -0.166. The molecular formula is C11H21F4NO. The third-order valence-corrected chi connectivity index (χ3v) is 2.44. The van der Waals surface area contributed by atoms with Crippen LogP contribution in [0.3, 0.4) is 0 Å². The van der Waals surface area contributed by atoms with Gasteiger partial charge in [-0.1, -0.05) is 13.8 Å². The molecule has 6 heteroatoms. The molecule has 1 unspecified atom stereocenters. The maximum atomic E-state index is 12.4. The molecule has 0 saturated heterocycles. The third-order valence-electron chi connectivity index (χ3n) is 2.44. The van der Waals surface area contributed by atoms with Crippen molar-refractivity contribution in [3.8, 4) is 0 Å². The summed E-state index contributed by atoms with van der Waals surface area (Å²) in [6.07, 6.45) is -1.33. The topological polar surface area (TPSA) is 21.3 Å². The minimum absolute atomic E-state index is 0.0875. The highest BCUT2D eigenvalue weighted by Crippen LogP contribution is 2.22. The Morgan fingerprint density at radius 1 is 1.24 bits per heavy atom. The van der Waals surface area contributed by atoms with Crippen molar-refractivity contribution in [1.29, 1.82) is 0 Å². The zero-order valence-corrected chi connectivity index (χ0v) is 10.3. The second-order valence-corrected chi connectivity index (χ2v) is 3.92. The van der Waals surface area contributed by atoms with Crippen LogP contribution in [0.4, 0.5) is 17.6 Å². The van der Waals surface area contributed by atoms with E-state index < -0.39 is 19.0 Å². The van der Waals surface area contributed by atoms with Crippen molar-refractivity contribution in [2.24, 2.45) is 0 Å². The predicted molar refractivity (Wildman–Crippen MR) is 58.8 cm³/mol. The quantitative estimate of drug-likeness (QED) is 0.481. The van der Waals surface area contributed by atoms with Crippen molar-refractivity contribution >= 4 is 0 Å². The van der Waals surface area contributed by atoms with Crippen LogP contribution in [0.5, 0.6) is 0 Å². The Hall–Kier alpha value is -0.360. The van der Waals surface area contributed by atoms with Crippen molar-refractivity contribution in [1.82, 2.24) is 5.32 Å². The van der Waals surface area contributed by atoms with Crippen LogP contribution in [0.25, 0.3) is 0 Å². The number of hydrogen-bond acceptors (Lipinski definition) is 2. The van der Waals surface area contributed by atoms with Crippen LogP contribution in [0.1, 0.15) is 33.1 Å². The standard InChI is InChI=1S/C11H21F4NO/c1-3-9(16-4-2)6-5-7-17-8-11(14,15)10(12)13/h9-10,16H,3-8H2,1-2H3. The van der Waals surface area contributed by atoms with E-state index in [9.17, 15) is 17.6 Å². The maximum absolute atomic E-state index is 12.4. The van der Waals surface area contributed by atoms with E-state index in [1.165, 1.54) is 0 Å². The molecule has 0 fully saturated rings. The molecule has 0 bridgehead atoms. The number of ether oxygens (including phenoxy) is 1. The second kappa shape index (κ2) is 8.69. The normalized spacial score (nSPS) is 14.3. The smallest absolute Gasteiger partial charge is 0.330 e. The highest BCUT2D eigenvalue weighted by molar-refractivity contribution is 4.68. The van der Waals surface area contributed by atoms with E-state index in [4.69, 9.17) is 0 Å². The minimum Gasteiger partial charge on any atom is -0.375 e. The van der Waals surface area contributed by atoms with Crippen molar-refractivity contribution in [3.05, 3.63) is 0 Å². The van der Waals surface area contributed by atoms with E-state index in [1.54, 1.807) is 0 Å². The first-order valence-corrected chi connectivity index (χ1v) is 5.91. The molecule has 0 heterocycles. The molecule has 0 aromatic carbocycles. The fraction of sp³-hybridized carbons (Fsp3) is 1.00. The van der Waals surface area contributed by atoms with E-state index in [2.05, 4.69) is 10.1 Å². The third kappa shape index (κ3) is 7.54. The van der Waals surface area contributed by atoms with Gasteiger partial charge in [0, 0.05) is 12.6 Å². The van der Waals surface area contributed by atoms with E-state index in [0.29, 0.717) is 12.5 Å². The Balaban J connectivity index is 3.58. The van der Waals surface area contributed by atoms with Crippen LogP contribution >= 0.6 is 0 Å². The lowest BCUT2D eigenvalue weighted by Crippen LogP contribution is -2.32. The summed E-state index contributed by atoms with van der Waals surface area (Å²) in [6, 6.07) is 0.333. The Kier molecular flexibility index (Phi) is 8.51. The lowest BCUT2D eigenvalue weighted by atomic mass is 10.1. The van der Waals surface area contributed by atoms with Gasteiger partial charge in [-0.25, -0.2) is 8.78 Å². The number of halogens is 4. The van der Waals surface area contributed by atoms with Crippen molar-refractivity contribution in [2.75, 3.05) is 19.8 Å². The molecule has 0 saturated carbocycles. The van der Waals surface area contributed by atoms with Gasteiger partial charge in [-0.3, -0.25) is 0 Å². The van der Waals surface area contributed by atoms with Gasteiger partial charge in [0.25, 0.3) is 0 Å². The highest BCUT2D eigenvalue weighted by Gasteiger charge is 2.40. The Morgan fingerprint density at radius 2 is 1.88 bits per heavy atom. The summed E-state index contributed by atoms with van der Waals surface area (Å²) in [7, 11) is 0. The lowest BCUT2D eigenvalue weighted by Gasteiger charge is -2.17. The van der Waals surface area contributed by atoms with Crippen LogP contribution in [-0.2, 0) is 4.74 Å². The van der Waals surface area contributed by atoms with Crippen molar-refractivity contribution in [3.63, 3.8) is 0 Å². The molecule has 0 aromatic heterocycles. The van der Waals surface area contributed by atoms with Gasteiger partial charge in [0.05, 0.1) is 0 Å². The Labute approximate surface area is 99.7 Å². The Morgan fingerprint density at radius 3 is 2.35 bits per heavy atom. The number of hydrogen-bond donors (Lipinski definition) is 1. The van der Waals surface area contributed by atoms with Gasteiger partial charge in [0.1, 0.15) is 6.61 Å². The van der Waals surface area contributed by atoms with Crippen LogP contribution in [0, 0.1) is 0 Å². The summed E-state index contributed by atoms with van der Waals surface area (Å²) in [5.41, 5.74) is 0. The maximum Gasteiger partial charge on any atom is 0.330 e. The van der Waals surface area contributed by atoms with Crippen molar-refractivity contribution in [2.45, 2.75) is 51.5 Å². The molecule has 0 radical (unpaired) electrons. The minimum atomic E-state index is -4.04. The van der Waals surface area contributed by atoms with E-state index in [1.807, 2.05) is 13.8 Å². The zero-order valence-electron chi connectivity index (χ0n) is 10.3. The van der Waals surface area contributed by atoms with E-state index in [-0.39, 0.29) is 6.61 Å². The first-order valence-electron chi connectivity index (χ1n) is 5.91. The molecule has 17 heavy (non-hydrogen) atoms. The van der Waals surface area contributed by atoms with Gasteiger partial charge in [0.15, 0.2) is 0 Å². The first-order chi connectivity index (χ1) is 7.94. The highest BCUT2D eigenvalue weighted by atomic mass is 19.3. The zero-order chi connectivity index (χ0) is 13.3. The molecule has 2 nitrogen and oxygen atoms in total. The van der Waals surface area contributed by atoms with Gasteiger partial charge in [-0.15, -0.1) is 0 Å². The fourth-order valence-electron chi connectivity index (χ4n) is 1.44. The van der Waals surface area contributed by atoms with Crippen LogP contribution in [0.15, 0.2) is 0 Å². The Bertz CT molecular complexity index is 190. The van der Waals surface area contributed by atoms with Gasteiger partial charge < -0.3 is 10.1 Å². The molecule has 0 rings (SSSR count). The fourth-order valence-corrected chi connectivity index (χ4v) is 1.44. The SMILES string of the molecule is CCNC(CC)CCCOCC(F)(F)C(F)F. The first kappa shape index (κ1) is 16.6. The summed E-state index contributed by atoms with van der Waals surface area (Å²) < 4.78 is 53.0. The molecule has 0 aromatic rings. The average Bonchev–Trinajstić information content (AvgIpc) is 2.26. The summed E-state index contributed by atoms with van der Waals surface area (Å²) >= 11 is 0. The van der Waals surface area contributed by atoms with Crippen LogP contribution in [-0.4, -0.2) is 38.1 Å². The molecule has 0 aliphatic carbocycles. The molecular weight excluding hydrogens is 238 g/mol. The summed E-state index contributed by atoms with van der Waals surface area (Å²) in [5.74, 6) is -4.04. The molecule has 1 N–H and O–H groups in total. The predicted octanol–water partition coefficient (Wildman–Crippen LogP) is 3.07. The van der Waals surface area contributed by atoms with Gasteiger partial charge in [-0.05, 0) is 25.8 Å². The van der Waals surface area contributed by atoms with Crippen LogP contribution < -0.4 is 5.32 Å². The number of rotatable bonds is 10. The molecule has 1 atom stereocenters. The molecule has 0 amide bonds. The molecule has 0 spiro atoms. The summed E-state index contributed by atoms with van der Waals surface area (Å²) in [4.78, 5) is 0. The average molecular weight is 259 g/mol. The van der Waals surface area contributed by atoms with Gasteiger partial charge in [0.2, 0.25) is 0 Å². The molecule has 0 aliphatic heterocycles. The van der Waals surface area contributed by atoms with E-state index in [0.717, 1.165) is 19.4 Å². The number of alkyl halides is 4. The summed E-state index contributed by atoms with van der Waals surface area (Å²) in [6.45, 7) is 3.75. The largest absolute Gasteiger partial charge is 0.375 e. The van der Waals surface area contributed by atoms with Crippen molar-refractivity contribution < 1.29 is 22.3 Å². The summed E-state index contributed by atoms with van der Waals surface area (Å²) in [5, 5.41) is 3.23. The van der Waals surface area contributed by atoms with Gasteiger partial charge >= 0.3 is 12.3 Å². The van der Waals surface area contributed by atoms with Gasteiger partial charge in [-0.2, -0.15) is 8.78 Å². The van der Waals surface area contributed by atoms with Crippen LogP contribution in [0.2, 0.25) is 0 Å². The monoisotopic (exact) mass is 259 g/mol. The molecule has 0 aliphatic rings. The second-order valence-electron chi connectivity index (χ2n) is 3.92. The van der Waals surface area contributed by atoms with E-state index >= 15 is 0 Å².